The lowest BCUT2D eigenvalue weighted by atomic mass is 10.0. The van der Waals surface area contributed by atoms with Crippen molar-refractivity contribution in [3.63, 3.8) is 0 Å². The fourth-order valence-corrected chi connectivity index (χ4v) is 4.91. The van der Waals surface area contributed by atoms with Gasteiger partial charge in [0.15, 0.2) is 5.65 Å². The number of anilines is 1. The van der Waals surface area contributed by atoms with E-state index in [4.69, 9.17) is 10.4 Å². The Balaban J connectivity index is 1.51. The zero-order valence-corrected chi connectivity index (χ0v) is 20.0. The van der Waals surface area contributed by atoms with E-state index in [0.717, 1.165) is 19.6 Å². The van der Waals surface area contributed by atoms with Gasteiger partial charge < -0.3 is 10.3 Å². The molecule has 0 aliphatic carbocycles. The van der Waals surface area contributed by atoms with E-state index in [1.807, 2.05) is 15.9 Å². The summed E-state index contributed by atoms with van der Waals surface area (Å²) in [4.78, 5) is 24.5. The third-order valence-corrected chi connectivity index (χ3v) is 7.05. The summed E-state index contributed by atoms with van der Waals surface area (Å²) in [6.45, 7) is 11.5. The van der Waals surface area contributed by atoms with Gasteiger partial charge in [0.25, 0.3) is 0 Å². The molecule has 1 N–H and O–H groups in total. The van der Waals surface area contributed by atoms with Gasteiger partial charge in [-0.1, -0.05) is 26.8 Å². The van der Waals surface area contributed by atoms with Crippen LogP contribution in [0.5, 0.6) is 0 Å². The normalized spacial score (nSPS) is 19.5. The number of carbonyl (C=O) groups is 1. The van der Waals surface area contributed by atoms with Gasteiger partial charge in [0, 0.05) is 42.7 Å². The van der Waals surface area contributed by atoms with Crippen LogP contribution < -0.4 is 4.90 Å². The summed E-state index contributed by atoms with van der Waals surface area (Å²) in [6.07, 6.45) is 3.45. The van der Waals surface area contributed by atoms with Crippen molar-refractivity contribution in [3.8, 4) is 11.1 Å². The Labute approximate surface area is 198 Å². The minimum Gasteiger partial charge on any atom is -0.317 e. The van der Waals surface area contributed by atoms with Crippen LogP contribution in [0.1, 0.15) is 33.3 Å². The van der Waals surface area contributed by atoms with E-state index in [9.17, 15) is 9.18 Å². The van der Waals surface area contributed by atoms with Crippen molar-refractivity contribution in [2.75, 3.05) is 31.1 Å². The lowest BCUT2D eigenvalue weighted by molar-refractivity contribution is 0.0672. The van der Waals surface area contributed by atoms with Crippen LogP contribution in [0.3, 0.4) is 0 Å². The maximum absolute atomic E-state index is 14.6. The molecule has 0 spiro atoms. The average molecular weight is 464 g/mol. The summed E-state index contributed by atoms with van der Waals surface area (Å²) in [5.41, 5.74) is 2.32. The molecule has 34 heavy (non-hydrogen) atoms. The molecule has 178 valence electrons. The van der Waals surface area contributed by atoms with Gasteiger partial charge in [-0.25, -0.2) is 18.7 Å². The number of hydrogen-bond donors (Lipinski definition) is 1. The van der Waals surface area contributed by atoms with Crippen molar-refractivity contribution < 1.29 is 9.18 Å². The van der Waals surface area contributed by atoms with Gasteiger partial charge in [-0.2, -0.15) is 5.10 Å². The molecule has 3 aromatic rings. The third-order valence-electron chi connectivity index (χ3n) is 7.05. The SMILES string of the molecule is CCN1CC(N2C[C@H](C(C)C)N(c3ccn4ncc(-c5ccc(C(C)=N)c(F)c5)c4n3)C2=O)C1. The van der Waals surface area contributed by atoms with Crippen molar-refractivity contribution in [1.82, 2.24) is 24.4 Å². The molecule has 1 aromatic carbocycles. The smallest absolute Gasteiger partial charge is 0.317 e. The predicted octanol–water partition coefficient (Wildman–Crippen LogP) is 3.89. The second-order valence-corrected chi connectivity index (χ2v) is 9.55. The van der Waals surface area contributed by atoms with Crippen LogP contribution in [0.15, 0.2) is 36.7 Å². The maximum Gasteiger partial charge on any atom is 0.326 e. The summed E-state index contributed by atoms with van der Waals surface area (Å²) in [5.74, 6) is 0.400. The molecule has 9 heteroatoms. The van der Waals surface area contributed by atoms with Crippen molar-refractivity contribution >= 4 is 23.2 Å². The van der Waals surface area contributed by atoms with E-state index in [1.165, 1.54) is 6.07 Å². The molecule has 2 aliphatic heterocycles. The molecule has 2 saturated heterocycles. The number of halogens is 1. The van der Waals surface area contributed by atoms with E-state index in [-0.39, 0.29) is 35.3 Å². The first-order valence-corrected chi connectivity index (χ1v) is 11.8. The highest BCUT2D eigenvalue weighted by Crippen LogP contribution is 2.32. The van der Waals surface area contributed by atoms with Gasteiger partial charge >= 0.3 is 6.03 Å². The third kappa shape index (κ3) is 3.64. The Bertz CT molecular complexity index is 1260. The first kappa shape index (κ1) is 22.5. The summed E-state index contributed by atoms with van der Waals surface area (Å²) in [5, 5.41) is 12.1. The maximum atomic E-state index is 14.6. The Morgan fingerprint density at radius 1 is 1.24 bits per heavy atom. The van der Waals surface area contributed by atoms with Crippen molar-refractivity contribution in [2.24, 2.45) is 5.92 Å². The summed E-state index contributed by atoms with van der Waals surface area (Å²) in [7, 11) is 0. The molecule has 0 bridgehead atoms. The number of likely N-dealkylation sites (N-methyl/N-ethyl adjacent to an activating group) is 1. The molecule has 2 amide bonds. The van der Waals surface area contributed by atoms with E-state index in [2.05, 4.69) is 30.8 Å². The number of carbonyl (C=O) groups excluding carboxylic acids is 1. The number of aromatic nitrogens is 3. The van der Waals surface area contributed by atoms with E-state index >= 15 is 0 Å². The van der Waals surface area contributed by atoms with Crippen LogP contribution in [0.2, 0.25) is 0 Å². The summed E-state index contributed by atoms with van der Waals surface area (Å²) < 4.78 is 16.2. The highest BCUT2D eigenvalue weighted by molar-refractivity contribution is 5.97. The molecule has 0 unspecified atom stereocenters. The molecule has 2 aliphatic rings. The number of amides is 2. The topological polar surface area (TPSA) is 80.8 Å². The number of urea groups is 1. The number of fused-ring (bicyclic) bond motifs is 1. The highest BCUT2D eigenvalue weighted by Gasteiger charge is 2.46. The molecule has 1 atom stereocenters. The fraction of sp³-hybridized carbons (Fsp3) is 0.440. The zero-order valence-electron chi connectivity index (χ0n) is 20.0. The summed E-state index contributed by atoms with van der Waals surface area (Å²) in [6, 6.07) is 6.88. The molecular formula is C25H30FN7O. The second kappa shape index (κ2) is 8.47. The number of rotatable bonds is 6. The van der Waals surface area contributed by atoms with Crippen LogP contribution >= 0.6 is 0 Å². The largest absolute Gasteiger partial charge is 0.326 e. The standard InChI is InChI=1S/C25H30FN7O/c1-5-30-12-18(13-30)31-14-22(15(2)3)33(25(31)34)23-8-9-32-24(29-23)20(11-28-32)17-6-7-19(16(4)27)21(26)10-17/h6-11,15,18,22,27H,5,12-14H2,1-4H3/t22-/m1/s1. The lowest BCUT2D eigenvalue weighted by Gasteiger charge is -2.43. The number of nitrogens with one attached hydrogen (secondary N) is 1. The van der Waals surface area contributed by atoms with Crippen LogP contribution in [0.25, 0.3) is 16.8 Å². The minimum atomic E-state index is -0.452. The van der Waals surface area contributed by atoms with Crippen LogP contribution in [0.4, 0.5) is 15.0 Å². The minimum absolute atomic E-state index is 0.00535. The van der Waals surface area contributed by atoms with E-state index in [1.54, 1.807) is 36.0 Å². The lowest BCUT2D eigenvalue weighted by Crippen LogP contribution is -2.59. The van der Waals surface area contributed by atoms with Gasteiger partial charge in [0.05, 0.1) is 18.3 Å². The Morgan fingerprint density at radius 2 is 2.00 bits per heavy atom. The van der Waals surface area contributed by atoms with Gasteiger partial charge in [-0.3, -0.25) is 9.80 Å². The number of likely N-dealkylation sites (tertiary alicyclic amines) is 1. The zero-order chi connectivity index (χ0) is 24.1. The summed E-state index contributed by atoms with van der Waals surface area (Å²) >= 11 is 0. The van der Waals surface area contributed by atoms with E-state index < -0.39 is 5.82 Å². The van der Waals surface area contributed by atoms with Crippen LogP contribution in [-0.2, 0) is 0 Å². The van der Waals surface area contributed by atoms with Crippen molar-refractivity contribution in [1.29, 1.82) is 5.41 Å². The van der Waals surface area contributed by atoms with Crippen LogP contribution in [-0.4, -0.2) is 74.4 Å². The Morgan fingerprint density at radius 3 is 2.65 bits per heavy atom. The van der Waals surface area contributed by atoms with Gasteiger partial charge in [-0.15, -0.1) is 0 Å². The van der Waals surface area contributed by atoms with Crippen LogP contribution in [0, 0.1) is 17.1 Å². The first-order chi connectivity index (χ1) is 16.3. The molecule has 2 aromatic heterocycles. The fourth-order valence-electron chi connectivity index (χ4n) is 4.91. The molecule has 5 rings (SSSR count). The monoisotopic (exact) mass is 463 g/mol. The molecule has 0 radical (unpaired) electrons. The average Bonchev–Trinajstić information content (AvgIpc) is 3.34. The molecule has 8 nitrogen and oxygen atoms in total. The molecular weight excluding hydrogens is 433 g/mol. The molecule has 4 heterocycles. The van der Waals surface area contributed by atoms with Crippen molar-refractivity contribution in [2.45, 2.75) is 39.8 Å². The quantitative estimate of drug-likeness (QED) is 0.563. The number of nitrogens with zero attached hydrogens (tertiary/aromatic N) is 6. The molecule has 0 saturated carbocycles. The van der Waals surface area contributed by atoms with E-state index in [0.29, 0.717) is 29.1 Å². The molecule has 2 fully saturated rings. The van der Waals surface area contributed by atoms with Gasteiger partial charge in [0.2, 0.25) is 0 Å². The van der Waals surface area contributed by atoms with Gasteiger partial charge in [-0.05, 0) is 43.1 Å². The number of hydrogen-bond acceptors (Lipinski definition) is 5. The first-order valence-electron chi connectivity index (χ1n) is 11.8. The number of benzene rings is 1. The Kier molecular flexibility index (Phi) is 5.59. The predicted molar refractivity (Wildman–Crippen MR) is 130 cm³/mol. The van der Waals surface area contributed by atoms with Crippen molar-refractivity contribution in [3.05, 3.63) is 48.0 Å². The Hall–Kier alpha value is -3.33. The van der Waals surface area contributed by atoms with Gasteiger partial charge in [0.1, 0.15) is 11.6 Å². The second-order valence-electron chi connectivity index (χ2n) is 9.55. The highest BCUT2D eigenvalue weighted by atomic mass is 19.1.